The molecule has 0 spiro atoms. The largest absolute Gasteiger partial charge is 0.479 e. The number of sulfonamides is 1. The third kappa shape index (κ3) is 4.77. The number of hydrogen-bond acceptors (Lipinski definition) is 6. The molecular weight excluding hydrogens is 320 g/mol. The fraction of sp³-hybridized carbons (Fsp3) is 0.455. The Morgan fingerprint density at radius 1 is 1.52 bits per heavy atom. The number of amides is 1. The SMILES string of the molecule is COC(CNC(=O)CN(C)S(=O)(=O)c1cccs1)C(=O)O. The van der Waals surface area contributed by atoms with Gasteiger partial charge in [-0.25, -0.2) is 13.2 Å². The first-order valence-electron chi connectivity index (χ1n) is 5.81. The highest BCUT2D eigenvalue weighted by molar-refractivity contribution is 7.91. The minimum absolute atomic E-state index is 0.137. The topological polar surface area (TPSA) is 113 Å². The Bertz CT molecular complexity index is 584. The van der Waals surface area contributed by atoms with E-state index in [9.17, 15) is 18.0 Å². The first-order chi connectivity index (χ1) is 9.78. The van der Waals surface area contributed by atoms with Gasteiger partial charge in [0.1, 0.15) is 4.21 Å². The van der Waals surface area contributed by atoms with Crippen LogP contribution in [0, 0.1) is 0 Å². The number of aliphatic carboxylic acids is 1. The monoisotopic (exact) mass is 336 g/mol. The summed E-state index contributed by atoms with van der Waals surface area (Å²) in [4.78, 5) is 22.3. The number of likely N-dealkylation sites (N-methyl/N-ethyl adjacent to an activating group) is 1. The number of thiophene rings is 1. The van der Waals surface area contributed by atoms with Gasteiger partial charge in [-0.3, -0.25) is 4.79 Å². The average Bonchev–Trinajstić information content (AvgIpc) is 2.93. The van der Waals surface area contributed by atoms with Crippen LogP contribution in [0.25, 0.3) is 0 Å². The van der Waals surface area contributed by atoms with Crippen molar-refractivity contribution < 1.29 is 27.9 Å². The number of rotatable bonds is 8. The lowest BCUT2D eigenvalue weighted by Crippen LogP contribution is -2.43. The summed E-state index contributed by atoms with van der Waals surface area (Å²) < 4.78 is 29.8. The van der Waals surface area contributed by atoms with E-state index in [-0.39, 0.29) is 10.8 Å². The molecule has 1 aromatic heterocycles. The van der Waals surface area contributed by atoms with Gasteiger partial charge in [-0.05, 0) is 11.4 Å². The van der Waals surface area contributed by atoms with E-state index in [1.807, 2.05) is 0 Å². The third-order valence-electron chi connectivity index (χ3n) is 2.57. The van der Waals surface area contributed by atoms with Crippen LogP contribution >= 0.6 is 11.3 Å². The van der Waals surface area contributed by atoms with Crippen LogP contribution in [0.15, 0.2) is 21.7 Å². The highest BCUT2D eigenvalue weighted by Crippen LogP contribution is 2.19. The second kappa shape index (κ2) is 7.50. The van der Waals surface area contributed by atoms with Crippen molar-refractivity contribution in [1.82, 2.24) is 9.62 Å². The zero-order chi connectivity index (χ0) is 16.0. The van der Waals surface area contributed by atoms with Gasteiger partial charge < -0.3 is 15.2 Å². The molecule has 10 heteroatoms. The Hall–Kier alpha value is -1.49. The standard InChI is InChI=1S/C11H16N2O6S2/c1-13(21(17,18)10-4-3-5-20-10)7-9(14)12-6-8(19-2)11(15)16/h3-5,8H,6-7H2,1-2H3,(H,12,14)(H,15,16). The van der Waals surface area contributed by atoms with E-state index in [4.69, 9.17) is 5.11 Å². The molecule has 1 aromatic rings. The lowest BCUT2D eigenvalue weighted by molar-refractivity contribution is -0.148. The molecule has 1 unspecified atom stereocenters. The summed E-state index contributed by atoms with van der Waals surface area (Å²) in [6, 6.07) is 3.04. The predicted octanol–water partition coefficient (Wildman–Crippen LogP) is -0.416. The first kappa shape index (κ1) is 17.6. The summed E-state index contributed by atoms with van der Waals surface area (Å²) in [5, 5.41) is 12.7. The summed E-state index contributed by atoms with van der Waals surface area (Å²) in [7, 11) is -1.22. The molecule has 2 N–H and O–H groups in total. The highest BCUT2D eigenvalue weighted by Gasteiger charge is 2.24. The maximum Gasteiger partial charge on any atom is 0.334 e. The third-order valence-corrected chi connectivity index (χ3v) is 5.75. The van der Waals surface area contributed by atoms with Crippen LogP contribution in [0.5, 0.6) is 0 Å². The van der Waals surface area contributed by atoms with Gasteiger partial charge >= 0.3 is 5.97 Å². The average molecular weight is 336 g/mol. The smallest absolute Gasteiger partial charge is 0.334 e. The van der Waals surface area contributed by atoms with Gasteiger partial charge in [-0.2, -0.15) is 4.31 Å². The maximum atomic E-state index is 12.1. The van der Waals surface area contributed by atoms with E-state index in [0.717, 1.165) is 15.6 Å². The summed E-state index contributed by atoms with van der Waals surface area (Å²) in [5.74, 6) is -1.82. The fourth-order valence-corrected chi connectivity index (χ4v) is 3.71. The lowest BCUT2D eigenvalue weighted by atomic mass is 10.3. The molecular formula is C11H16N2O6S2. The number of carbonyl (C=O) groups is 2. The molecule has 1 amide bonds. The number of methoxy groups -OCH3 is 1. The molecule has 0 aromatic carbocycles. The van der Waals surface area contributed by atoms with E-state index >= 15 is 0 Å². The van der Waals surface area contributed by atoms with E-state index < -0.39 is 34.5 Å². The quantitative estimate of drug-likeness (QED) is 0.667. The first-order valence-corrected chi connectivity index (χ1v) is 8.13. The van der Waals surface area contributed by atoms with Crippen LogP contribution in [-0.2, 0) is 24.3 Å². The van der Waals surface area contributed by atoms with Crippen LogP contribution in [0.1, 0.15) is 0 Å². The molecule has 0 aliphatic carbocycles. The Kier molecular flexibility index (Phi) is 6.27. The molecule has 0 aliphatic heterocycles. The van der Waals surface area contributed by atoms with Crippen molar-refractivity contribution in [3.8, 4) is 0 Å². The highest BCUT2D eigenvalue weighted by atomic mass is 32.2. The Labute approximate surface area is 126 Å². The van der Waals surface area contributed by atoms with E-state index in [1.165, 1.54) is 20.2 Å². The fourth-order valence-electron chi connectivity index (χ4n) is 1.38. The number of nitrogens with one attached hydrogen (secondary N) is 1. The number of carbonyl (C=O) groups excluding carboxylic acids is 1. The number of hydrogen-bond donors (Lipinski definition) is 2. The van der Waals surface area contributed by atoms with Crippen LogP contribution in [0.4, 0.5) is 0 Å². The molecule has 0 bridgehead atoms. The lowest BCUT2D eigenvalue weighted by Gasteiger charge is -2.16. The van der Waals surface area contributed by atoms with Crippen LogP contribution in [-0.4, -0.2) is 63.1 Å². The van der Waals surface area contributed by atoms with Gasteiger partial charge in [0.05, 0.1) is 13.1 Å². The second-order valence-corrected chi connectivity index (χ2v) is 7.28. The minimum atomic E-state index is -3.71. The number of carboxylic acids is 1. The van der Waals surface area contributed by atoms with Crippen LogP contribution < -0.4 is 5.32 Å². The zero-order valence-corrected chi connectivity index (χ0v) is 13.1. The van der Waals surface area contributed by atoms with E-state index in [0.29, 0.717) is 0 Å². The maximum absolute atomic E-state index is 12.1. The molecule has 0 radical (unpaired) electrons. The molecule has 118 valence electrons. The van der Waals surface area contributed by atoms with Gasteiger partial charge in [0.15, 0.2) is 6.10 Å². The summed E-state index contributed by atoms with van der Waals surface area (Å²) in [6.45, 7) is -0.645. The Balaban J connectivity index is 2.57. The summed E-state index contributed by atoms with van der Waals surface area (Å²) in [6.07, 6.45) is -1.17. The van der Waals surface area contributed by atoms with Gasteiger partial charge in [0.25, 0.3) is 10.0 Å². The molecule has 1 heterocycles. The van der Waals surface area contributed by atoms with Crippen molar-refractivity contribution in [2.24, 2.45) is 0 Å². The van der Waals surface area contributed by atoms with Crippen LogP contribution in [0.3, 0.4) is 0 Å². The molecule has 1 atom stereocenters. The second-order valence-electron chi connectivity index (χ2n) is 4.06. The van der Waals surface area contributed by atoms with Gasteiger partial charge in [0, 0.05) is 14.2 Å². The van der Waals surface area contributed by atoms with Gasteiger partial charge in [0.2, 0.25) is 5.91 Å². The zero-order valence-electron chi connectivity index (χ0n) is 11.5. The van der Waals surface area contributed by atoms with Crippen molar-refractivity contribution in [1.29, 1.82) is 0 Å². The van der Waals surface area contributed by atoms with Crippen LogP contribution in [0.2, 0.25) is 0 Å². The Morgan fingerprint density at radius 3 is 2.67 bits per heavy atom. The summed E-state index contributed by atoms with van der Waals surface area (Å²) >= 11 is 1.05. The molecule has 8 nitrogen and oxygen atoms in total. The predicted molar refractivity (Wildman–Crippen MR) is 75.6 cm³/mol. The number of carboxylic acid groups (broad SMARTS) is 1. The van der Waals surface area contributed by atoms with Crippen molar-refractivity contribution in [2.75, 3.05) is 27.2 Å². The minimum Gasteiger partial charge on any atom is -0.479 e. The van der Waals surface area contributed by atoms with Crippen molar-refractivity contribution >= 4 is 33.2 Å². The van der Waals surface area contributed by atoms with Crippen molar-refractivity contribution in [2.45, 2.75) is 10.3 Å². The number of nitrogens with zero attached hydrogens (tertiary/aromatic N) is 1. The van der Waals surface area contributed by atoms with E-state index in [2.05, 4.69) is 10.1 Å². The molecule has 0 aliphatic rings. The van der Waals surface area contributed by atoms with E-state index in [1.54, 1.807) is 11.4 Å². The molecule has 0 saturated carbocycles. The number of ether oxygens (including phenoxy) is 1. The molecule has 0 saturated heterocycles. The molecule has 1 rings (SSSR count). The van der Waals surface area contributed by atoms with Gasteiger partial charge in [-0.1, -0.05) is 6.07 Å². The van der Waals surface area contributed by atoms with Crippen molar-refractivity contribution in [3.63, 3.8) is 0 Å². The Morgan fingerprint density at radius 2 is 2.19 bits per heavy atom. The molecule has 21 heavy (non-hydrogen) atoms. The normalized spacial score (nSPS) is 13.1. The molecule has 0 fully saturated rings. The summed E-state index contributed by atoms with van der Waals surface area (Å²) in [5.41, 5.74) is 0. The van der Waals surface area contributed by atoms with Crippen molar-refractivity contribution in [3.05, 3.63) is 17.5 Å². The van der Waals surface area contributed by atoms with Gasteiger partial charge in [-0.15, -0.1) is 11.3 Å².